The third kappa shape index (κ3) is 5.57. The van der Waals surface area contributed by atoms with Gasteiger partial charge in [0.15, 0.2) is 0 Å². The van der Waals surface area contributed by atoms with Crippen molar-refractivity contribution in [2.24, 2.45) is 0 Å². The summed E-state index contributed by atoms with van der Waals surface area (Å²) in [7, 11) is 0. The Kier molecular flexibility index (Phi) is 8.19. The number of anilines is 1. The summed E-state index contributed by atoms with van der Waals surface area (Å²) >= 11 is 0. The van der Waals surface area contributed by atoms with Crippen LogP contribution in [0.4, 0.5) is 5.69 Å². The lowest BCUT2D eigenvalue weighted by atomic mass is 9.65. The number of para-hydroxylation sites is 2. The molecule has 302 valence electrons. The Hall–Kier alpha value is -8.28. The van der Waals surface area contributed by atoms with Gasteiger partial charge in [0, 0.05) is 35.1 Å². The Morgan fingerprint density at radius 3 is 1.94 bits per heavy atom. The average Bonchev–Trinajstić information content (AvgIpc) is 3.65. The molecule has 0 fully saturated rings. The highest BCUT2D eigenvalue weighted by Crippen LogP contribution is 2.63. The first-order valence-electron chi connectivity index (χ1n) is 22.0. The first-order chi connectivity index (χ1) is 31.7. The molecule has 5 nitrogen and oxygen atoms in total. The molecular formula is C59H40N4O. The second kappa shape index (κ2) is 14.4. The van der Waals surface area contributed by atoms with Gasteiger partial charge in [-0.1, -0.05) is 140 Å². The lowest BCUT2D eigenvalue weighted by Crippen LogP contribution is -2.32. The summed E-state index contributed by atoms with van der Waals surface area (Å²) in [6.07, 6.45) is 8.09. The second-order valence-electron chi connectivity index (χ2n) is 16.9. The number of hydrogen-bond acceptors (Lipinski definition) is 5. The fourth-order valence-electron chi connectivity index (χ4n) is 10.6. The molecule has 1 spiro atoms. The van der Waals surface area contributed by atoms with Gasteiger partial charge in [-0.15, -0.1) is 0 Å². The zero-order valence-corrected chi connectivity index (χ0v) is 34.8. The molecule has 4 aliphatic rings. The summed E-state index contributed by atoms with van der Waals surface area (Å²) in [5, 5.41) is 7.49. The topological polar surface area (TPSA) is 59.1 Å². The Labute approximate surface area is 372 Å². The monoisotopic (exact) mass is 820 g/mol. The molecule has 1 atom stereocenters. The highest BCUT2D eigenvalue weighted by Gasteiger charge is 2.51. The Balaban J connectivity index is 0.968. The van der Waals surface area contributed by atoms with Crippen LogP contribution in [0.1, 0.15) is 45.1 Å². The van der Waals surface area contributed by atoms with Gasteiger partial charge in [0.25, 0.3) is 0 Å². The third-order valence-corrected chi connectivity index (χ3v) is 13.5. The predicted octanol–water partition coefficient (Wildman–Crippen LogP) is 13.6. The van der Waals surface area contributed by atoms with Crippen molar-refractivity contribution in [2.45, 2.75) is 11.5 Å². The fourth-order valence-corrected chi connectivity index (χ4v) is 10.6. The van der Waals surface area contributed by atoms with Crippen LogP contribution in [0.2, 0.25) is 0 Å². The highest BCUT2D eigenvalue weighted by molar-refractivity contribution is 5.95. The zero-order valence-electron chi connectivity index (χ0n) is 34.8. The number of dihydropyridines is 1. The molecule has 2 N–H and O–H groups in total. The summed E-state index contributed by atoms with van der Waals surface area (Å²) in [5.74, 6) is 1.79. The van der Waals surface area contributed by atoms with Crippen molar-refractivity contribution >= 4 is 11.4 Å². The smallest absolute Gasteiger partial charge is 0.132 e. The van der Waals surface area contributed by atoms with E-state index in [2.05, 4.69) is 204 Å². The molecule has 3 aliphatic heterocycles. The van der Waals surface area contributed by atoms with Crippen molar-refractivity contribution in [3.63, 3.8) is 0 Å². The summed E-state index contributed by atoms with van der Waals surface area (Å²) in [5.41, 5.74) is 21.0. The Morgan fingerprint density at radius 2 is 1.19 bits per heavy atom. The molecule has 0 amide bonds. The molecule has 64 heavy (non-hydrogen) atoms. The van der Waals surface area contributed by atoms with Gasteiger partial charge in [-0.25, -0.2) is 4.98 Å². The van der Waals surface area contributed by atoms with Crippen LogP contribution in [-0.4, -0.2) is 16.5 Å². The van der Waals surface area contributed by atoms with Crippen LogP contribution in [-0.2, 0) is 5.41 Å². The number of hydrogen-bond donors (Lipinski definition) is 2. The fraction of sp³-hybridized carbons (Fsp3) is 0.0508. The first kappa shape index (κ1) is 36.4. The van der Waals surface area contributed by atoms with Gasteiger partial charge >= 0.3 is 0 Å². The van der Waals surface area contributed by atoms with Gasteiger partial charge in [0.05, 0.1) is 34.2 Å². The number of nitrogens with zero attached hydrogens (tertiary/aromatic N) is 2. The van der Waals surface area contributed by atoms with Gasteiger partial charge in [-0.3, -0.25) is 4.98 Å². The van der Waals surface area contributed by atoms with Gasteiger partial charge in [-0.05, 0) is 128 Å². The van der Waals surface area contributed by atoms with E-state index in [9.17, 15) is 0 Å². The third-order valence-electron chi connectivity index (χ3n) is 13.5. The van der Waals surface area contributed by atoms with Crippen LogP contribution in [0.3, 0.4) is 0 Å². The standard InChI is InChI=1S/C59H40N4O/c1-2-14-39(15-3-1)58-46-35-44-42-16-4-5-17-47(42)59(48-18-6-8-22-56(48)64-57-23-9-7-19-49(57)59)50(44)36-43(46)45-32-40(28-29-51(45)63-58)37-24-26-38(27-25-37)41-33-54(52-20-10-12-30-60-52)62-55(34-41)53-21-11-13-31-61-53/h1-30,32-36,58,61,63H,31H2. The van der Waals surface area contributed by atoms with E-state index in [0.29, 0.717) is 0 Å². The number of rotatable bonds is 5. The van der Waals surface area contributed by atoms with Gasteiger partial charge in [0.2, 0.25) is 0 Å². The molecule has 1 unspecified atom stereocenters. The molecule has 13 rings (SSSR count). The van der Waals surface area contributed by atoms with Gasteiger partial charge < -0.3 is 15.4 Å². The molecule has 2 aromatic heterocycles. The van der Waals surface area contributed by atoms with Crippen LogP contribution in [0.5, 0.6) is 11.5 Å². The normalized spacial score (nSPS) is 15.5. The van der Waals surface area contributed by atoms with Crippen molar-refractivity contribution in [2.75, 3.05) is 11.9 Å². The van der Waals surface area contributed by atoms with Gasteiger partial charge in [-0.2, -0.15) is 0 Å². The maximum absolute atomic E-state index is 6.68. The van der Waals surface area contributed by atoms with Crippen LogP contribution >= 0.6 is 0 Å². The zero-order chi connectivity index (χ0) is 42.2. The minimum absolute atomic E-state index is 0.0334. The summed E-state index contributed by atoms with van der Waals surface area (Å²) in [6.45, 7) is 0.771. The molecule has 1 aliphatic carbocycles. The highest BCUT2D eigenvalue weighted by atomic mass is 16.5. The number of nitrogens with one attached hydrogen (secondary N) is 2. The number of ether oxygens (including phenoxy) is 1. The molecule has 5 heterocycles. The lowest BCUT2D eigenvalue weighted by Gasteiger charge is -2.40. The number of benzene rings is 7. The van der Waals surface area contributed by atoms with E-state index in [-0.39, 0.29) is 6.04 Å². The lowest BCUT2D eigenvalue weighted by molar-refractivity contribution is 0.436. The van der Waals surface area contributed by atoms with Crippen LogP contribution in [0.25, 0.3) is 61.6 Å². The molecular weight excluding hydrogens is 781 g/mol. The predicted molar refractivity (Wildman–Crippen MR) is 258 cm³/mol. The maximum Gasteiger partial charge on any atom is 0.132 e. The van der Waals surface area contributed by atoms with Crippen LogP contribution in [0.15, 0.2) is 212 Å². The molecule has 0 saturated heterocycles. The first-order valence-corrected chi connectivity index (χ1v) is 22.0. The minimum Gasteiger partial charge on any atom is -0.457 e. The molecule has 0 bridgehead atoms. The minimum atomic E-state index is -0.559. The van der Waals surface area contributed by atoms with Crippen molar-refractivity contribution in [3.8, 4) is 67.4 Å². The summed E-state index contributed by atoms with van der Waals surface area (Å²) in [6, 6.07) is 68.1. The van der Waals surface area contributed by atoms with E-state index >= 15 is 0 Å². The Morgan fingerprint density at radius 1 is 0.500 bits per heavy atom. The van der Waals surface area contributed by atoms with Crippen molar-refractivity contribution in [1.29, 1.82) is 0 Å². The van der Waals surface area contributed by atoms with E-state index in [1.165, 1.54) is 55.6 Å². The van der Waals surface area contributed by atoms with E-state index in [0.717, 1.165) is 68.8 Å². The summed E-state index contributed by atoms with van der Waals surface area (Å²) < 4.78 is 6.68. The molecule has 0 radical (unpaired) electrons. The number of aromatic nitrogens is 2. The molecule has 0 saturated carbocycles. The van der Waals surface area contributed by atoms with Crippen LogP contribution < -0.4 is 15.4 Å². The van der Waals surface area contributed by atoms with E-state index < -0.39 is 5.41 Å². The van der Waals surface area contributed by atoms with E-state index in [1.807, 2.05) is 24.4 Å². The second-order valence-corrected chi connectivity index (χ2v) is 16.9. The van der Waals surface area contributed by atoms with E-state index in [1.54, 1.807) is 0 Å². The largest absolute Gasteiger partial charge is 0.457 e. The summed E-state index contributed by atoms with van der Waals surface area (Å²) in [4.78, 5) is 9.69. The SMILES string of the molecule is C1=CCNC(c2cc(-c3ccc(-c4ccc5c(c4)-c4cc6c(cc4C(c4ccccc4)N5)-c4ccccc4C64c5ccccc5Oc5ccccc54)cc3)cc(-c3ccccn3)n2)=C1. The average molecular weight is 821 g/mol. The number of allylic oxidation sites excluding steroid dienone is 2. The molecule has 9 aromatic rings. The van der Waals surface area contributed by atoms with Gasteiger partial charge in [0.1, 0.15) is 11.5 Å². The number of pyridine rings is 2. The number of fused-ring (bicyclic) bond motifs is 12. The molecule has 7 aromatic carbocycles. The maximum atomic E-state index is 6.68. The molecule has 5 heteroatoms. The van der Waals surface area contributed by atoms with Crippen molar-refractivity contribution in [1.82, 2.24) is 15.3 Å². The Bertz CT molecular complexity index is 3340. The van der Waals surface area contributed by atoms with E-state index in [4.69, 9.17) is 9.72 Å². The van der Waals surface area contributed by atoms with Crippen molar-refractivity contribution < 1.29 is 4.74 Å². The quantitative estimate of drug-likeness (QED) is 0.181. The van der Waals surface area contributed by atoms with Crippen LogP contribution in [0, 0.1) is 0 Å². The van der Waals surface area contributed by atoms with Crippen molar-refractivity contribution in [3.05, 3.63) is 252 Å².